The number of hydrogen-bond donors (Lipinski definition) is 1. The van der Waals surface area contributed by atoms with Crippen LogP contribution in [0.15, 0.2) is 83.8 Å². The van der Waals surface area contributed by atoms with Gasteiger partial charge in [-0.3, -0.25) is 0 Å². The second-order valence-electron chi connectivity index (χ2n) is 8.61. The second-order valence-corrected chi connectivity index (χ2v) is 11.4. The molecule has 3 aromatic rings. The molecular formula is C26H24Cl2N2O2S. The molecule has 5 rings (SSSR count). The third-order valence-electron chi connectivity index (χ3n) is 6.61. The lowest BCUT2D eigenvalue weighted by atomic mass is 9.77. The number of nitrogens with one attached hydrogen (secondary N) is 1. The lowest BCUT2D eigenvalue weighted by molar-refractivity contribution is 0.424. The molecule has 0 fully saturated rings. The first-order valence-electron chi connectivity index (χ1n) is 10.9. The molecule has 0 aromatic heterocycles. The van der Waals surface area contributed by atoms with E-state index in [-0.39, 0.29) is 17.9 Å². The van der Waals surface area contributed by atoms with Gasteiger partial charge in [0.2, 0.25) is 10.0 Å². The molecule has 1 N–H and O–H groups in total. The first-order valence-corrected chi connectivity index (χ1v) is 13.1. The number of allylic oxidation sites excluding steroid dienone is 2. The summed E-state index contributed by atoms with van der Waals surface area (Å²) in [4.78, 5) is 0.305. The third-order valence-corrected chi connectivity index (χ3v) is 9.24. The van der Waals surface area contributed by atoms with Crippen molar-refractivity contribution in [3.8, 4) is 0 Å². The molecular weight excluding hydrogens is 475 g/mol. The highest BCUT2D eigenvalue weighted by Gasteiger charge is 2.39. The van der Waals surface area contributed by atoms with Crippen molar-refractivity contribution < 1.29 is 8.42 Å². The number of sulfonamides is 1. The summed E-state index contributed by atoms with van der Waals surface area (Å²) in [6.45, 7) is 0.319. The van der Waals surface area contributed by atoms with Crippen LogP contribution < -0.4 is 5.32 Å². The Morgan fingerprint density at radius 3 is 2.58 bits per heavy atom. The van der Waals surface area contributed by atoms with Crippen LogP contribution in [0, 0.1) is 5.92 Å². The Balaban J connectivity index is 1.48. The van der Waals surface area contributed by atoms with Crippen LogP contribution in [0.4, 0.5) is 5.69 Å². The van der Waals surface area contributed by atoms with E-state index < -0.39 is 10.0 Å². The van der Waals surface area contributed by atoms with E-state index in [9.17, 15) is 8.42 Å². The lowest BCUT2D eigenvalue weighted by Crippen LogP contribution is -2.30. The van der Waals surface area contributed by atoms with Crippen LogP contribution in [-0.4, -0.2) is 19.8 Å². The Hall–Kier alpha value is -2.31. The normalized spacial score (nSPS) is 21.5. The maximum Gasteiger partial charge on any atom is 0.243 e. The average molecular weight is 499 g/mol. The van der Waals surface area contributed by atoms with E-state index in [1.54, 1.807) is 19.2 Å². The van der Waals surface area contributed by atoms with Crippen LogP contribution in [-0.2, 0) is 16.6 Å². The molecule has 7 heteroatoms. The van der Waals surface area contributed by atoms with E-state index in [0.717, 1.165) is 28.8 Å². The van der Waals surface area contributed by atoms with Crippen molar-refractivity contribution in [2.24, 2.45) is 5.92 Å². The highest BCUT2D eigenvalue weighted by molar-refractivity contribution is 7.89. The van der Waals surface area contributed by atoms with Crippen LogP contribution in [0.3, 0.4) is 0 Å². The van der Waals surface area contributed by atoms with Crippen molar-refractivity contribution in [2.45, 2.75) is 29.8 Å². The molecule has 4 nitrogen and oxygen atoms in total. The molecule has 0 saturated carbocycles. The van der Waals surface area contributed by atoms with Crippen LogP contribution in [0.25, 0.3) is 0 Å². The van der Waals surface area contributed by atoms with E-state index in [2.05, 4.69) is 17.5 Å². The van der Waals surface area contributed by atoms with Crippen molar-refractivity contribution in [2.75, 3.05) is 12.4 Å². The minimum Gasteiger partial charge on any atom is -0.378 e. The van der Waals surface area contributed by atoms with Gasteiger partial charge in [0.25, 0.3) is 0 Å². The quantitative estimate of drug-likeness (QED) is 0.401. The molecule has 1 heterocycles. The molecule has 170 valence electrons. The number of rotatable bonds is 5. The fraction of sp³-hybridized carbons (Fsp3) is 0.231. The Kier molecular flexibility index (Phi) is 6.00. The Labute approximate surface area is 204 Å². The van der Waals surface area contributed by atoms with Crippen molar-refractivity contribution in [1.29, 1.82) is 0 Å². The van der Waals surface area contributed by atoms with E-state index in [0.29, 0.717) is 21.5 Å². The minimum absolute atomic E-state index is 0.00749. The van der Waals surface area contributed by atoms with Gasteiger partial charge in [0, 0.05) is 25.2 Å². The Morgan fingerprint density at radius 2 is 1.79 bits per heavy atom. The van der Waals surface area contributed by atoms with Crippen molar-refractivity contribution in [3.63, 3.8) is 0 Å². The van der Waals surface area contributed by atoms with Gasteiger partial charge in [-0.25, -0.2) is 8.42 Å². The highest BCUT2D eigenvalue weighted by Crippen LogP contribution is 2.51. The maximum atomic E-state index is 13.3. The summed E-state index contributed by atoms with van der Waals surface area (Å²) in [6.07, 6.45) is 5.23. The largest absolute Gasteiger partial charge is 0.378 e. The topological polar surface area (TPSA) is 49.4 Å². The number of hydrogen-bond acceptors (Lipinski definition) is 3. The molecule has 1 aliphatic heterocycles. The van der Waals surface area contributed by atoms with Gasteiger partial charge < -0.3 is 5.32 Å². The summed E-state index contributed by atoms with van der Waals surface area (Å²) in [7, 11) is -2.01. The first-order chi connectivity index (χ1) is 15.9. The number of halogens is 2. The SMILES string of the molecule is CN(Cc1ccccc1)S(=O)(=O)c1ccc2c(c1)C1C=CCC1C(c1cccc(Cl)c1Cl)N2. The zero-order valence-corrected chi connectivity index (χ0v) is 20.4. The molecule has 0 spiro atoms. The maximum absolute atomic E-state index is 13.3. The summed E-state index contributed by atoms with van der Waals surface area (Å²) < 4.78 is 28.1. The number of anilines is 1. The fourth-order valence-electron chi connectivity index (χ4n) is 4.91. The predicted molar refractivity (Wildman–Crippen MR) is 134 cm³/mol. The van der Waals surface area contributed by atoms with Crippen LogP contribution in [0.2, 0.25) is 10.0 Å². The molecule has 0 amide bonds. The fourth-order valence-corrected chi connectivity index (χ4v) is 6.53. The second kappa shape index (κ2) is 8.80. The molecule has 0 radical (unpaired) electrons. The van der Waals surface area contributed by atoms with Crippen LogP contribution >= 0.6 is 23.2 Å². The molecule has 33 heavy (non-hydrogen) atoms. The Morgan fingerprint density at radius 1 is 1.00 bits per heavy atom. The van der Waals surface area contributed by atoms with Crippen LogP contribution in [0.1, 0.15) is 35.1 Å². The third kappa shape index (κ3) is 4.08. The molecule has 1 aliphatic carbocycles. The summed E-state index contributed by atoms with van der Waals surface area (Å²) in [5.41, 5.74) is 3.84. The molecule has 0 saturated heterocycles. The Bertz CT molecular complexity index is 1330. The minimum atomic E-state index is -3.63. The summed E-state index contributed by atoms with van der Waals surface area (Å²) in [5.74, 6) is 0.337. The van der Waals surface area contributed by atoms with Gasteiger partial charge in [0.15, 0.2) is 0 Å². The van der Waals surface area contributed by atoms with Gasteiger partial charge in [0.1, 0.15) is 0 Å². The van der Waals surface area contributed by atoms with E-state index in [1.807, 2.05) is 54.6 Å². The zero-order valence-electron chi connectivity index (χ0n) is 18.1. The van der Waals surface area contributed by atoms with Gasteiger partial charge in [-0.1, -0.05) is 77.8 Å². The van der Waals surface area contributed by atoms with Gasteiger partial charge >= 0.3 is 0 Å². The van der Waals surface area contributed by atoms with E-state index >= 15 is 0 Å². The van der Waals surface area contributed by atoms with Gasteiger partial charge in [-0.2, -0.15) is 4.31 Å². The molecule has 3 unspecified atom stereocenters. The predicted octanol–water partition coefficient (Wildman–Crippen LogP) is 6.64. The summed E-state index contributed by atoms with van der Waals surface area (Å²) in [5, 5.41) is 4.71. The number of nitrogens with zero attached hydrogens (tertiary/aromatic N) is 1. The number of benzene rings is 3. The van der Waals surface area contributed by atoms with E-state index in [1.165, 1.54) is 4.31 Å². The van der Waals surface area contributed by atoms with Gasteiger partial charge in [-0.05, 0) is 53.3 Å². The molecule has 0 bridgehead atoms. The monoisotopic (exact) mass is 498 g/mol. The lowest BCUT2D eigenvalue weighted by Gasteiger charge is -2.38. The summed E-state index contributed by atoms with van der Waals surface area (Å²) >= 11 is 12.8. The van der Waals surface area contributed by atoms with Gasteiger partial charge in [0.05, 0.1) is 21.0 Å². The molecule has 3 aromatic carbocycles. The van der Waals surface area contributed by atoms with Crippen molar-refractivity contribution in [1.82, 2.24) is 4.31 Å². The van der Waals surface area contributed by atoms with Gasteiger partial charge in [-0.15, -0.1) is 0 Å². The van der Waals surface area contributed by atoms with Crippen molar-refractivity contribution in [3.05, 3.63) is 106 Å². The molecule has 2 aliphatic rings. The standard InChI is InChI=1S/C26H24Cl2N2O2S/c1-30(16-17-7-3-2-4-8-17)33(31,32)18-13-14-24-22(15-18)19-9-5-10-20(19)26(29-24)21-11-6-12-23(27)25(21)28/h2-9,11-15,19-20,26,29H,10,16H2,1H3. The highest BCUT2D eigenvalue weighted by atomic mass is 35.5. The van der Waals surface area contributed by atoms with Crippen LogP contribution in [0.5, 0.6) is 0 Å². The number of fused-ring (bicyclic) bond motifs is 3. The summed E-state index contributed by atoms with van der Waals surface area (Å²) in [6, 6.07) is 20.7. The molecule has 3 atom stereocenters. The van der Waals surface area contributed by atoms with E-state index in [4.69, 9.17) is 23.2 Å². The van der Waals surface area contributed by atoms with Crippen molar-refractivity contribution >= 4 is 38.9 Å². The average Bonchev–Trinajstić information content (AvgIpc) is 3.31. The zero-order chi connectivity index (χ0) is 23.2. The first kappa shape index (κ1) is 22.5. The smallest absolute Gasteiger partial charge is 0.243 e.